The minimum absolute atomic E-state index is 0.136. The molecule has 3 rings (SSSR count). The molecule has 1 fully saturated rings. The van der Waals surface area contributed by atoms with Crippen molar-refractivity contribution in [3.05, 3.63) is 34.2 Å². The van der Waals surface area contributed by atoms with Crippen LogP contribution in [-0.4, -0.2) is 16.0 Å². The highest BCUT2D eigenvalue weighted by Crippen LogP contribution is 2.22. The van der Waals surface area contributed by atoms with Gasteiger partial charge in [0.05, 0.1) is 11.0 Å². The molecule has 1 saturated carbocycles. The molecule has 1 aromatic heterocycles. The van der Waals surface area contributed by atoms with Gasteiger partial charge in [-0.15, -0.1) is 0 Å². The van der Waals surface area contributed by atoms with E-state index >= 15 is 0 Å². The van der Waals surface area contributed by atoms with E-state index in [1.807, 2.05) is 6.07 Å². The summed E-state index contributed by atoms with van der Waals surface area (Å²) >= 11 is 0. The molecule has 4 nitrogen and oxygen atoms in total. The Labute approximate surface area is 125 Å². The molecular formula is C17H25N3O. The summed E-state index contributed by atoms with van der Waals surface area (Å²) in [6, 6.07) is 7.11. The van der Waals surface area contributed by atoms with E-state index in [9.17, 15) is 4.79 Å². The molecule has 0 saturated heterocycles. The monoisotopic (exact) mass is 287 g/mol. The summed E-state index contributed by atoms with van der Waals surface area (Å²) in [6.45, 7) is 2.21. The second kappa shape index (κ2) is 6.48. The lowest BCUT2D eigenvalue weighted by Gasteiger charge is -2.25. The van der Waals surface area contributed by atoms with Crippen LogP contribution in [0.1, 0.15) is 63.5 Å². The number of benzene rings is 1. The van der Waals surface area contributed by atoms with Crippen LogP contribution in [0, 0.1) is 0 Å². The van der Waals surface area contributed by atoms with Crippen LogP contribution in [0.4, 0.5) is 0 Å². The standard InChI is InChI=1S/C17H25N3O/c1-12(18-14-7-5-3-2-4-6-8-14)13-9-10-15-16(11-13)20-17(21)19-15/h9-12,14,18H,2-8H2,1H3,(H2,19,20,21). The summed E-state index contributed by atoms with van der Waals surface area (Å²) in [7, 11) is 0. The number of imidazole rings is 1. The summed E-state index contributed by atoms with van der Waals surface area (Å²) in [5.41, 5.74) is 2.87. The highest BCUT2D eigenvalue weighted by Gasteiger charge is 2.15. The minimum atomic E-state index is -0.136. The zero-order valence-corrected chi connectivity index (χ0v) is 12.7. The van der Waals surface area contributed by atoms with E-state index in [4.69, 9.17) is 0 Å². The fourth-order valence-electron chi connectivity index (χ4n) is 3.39. The number of fused-ring (bicyclic) bond motifs is 1. The Balaban J connectivity index is 1.70. The van der Waals surface area contributed by atoms with Gasteiger partial charge >= 0.3 is 5.69 Å². The van der Waals surface area contributed by atoms with Crippen LogP contribution in [0.15, 0.2) is 23.0 Å². The molecule has 0 radical (unpaired) electrons. The Bertz CT molecular complexity index is 635. The molecule has 3 N–H and O–H groups in total. The van der Waals surface area contributed by atoms with Gasteiger partial charge in [0.2, 0.25) is 0 Å². The summed E-state index contributed by atoms with van der Waals surface area (Å²) in [5.74, 6) is 0. The van der Waals surface area contributed by atoms with E-state index in [2.05, 4.69) is 34.3 Å². The lowest BCUT2D eigenvalue weighted by molar-refractivity contribution is 0.363. The van der Waals surface area contributed by atoms with E-state index in [-0.39, 0.29) is 5.69 Å². The van der Waals surface area contributed by atoms with Gasteiger partial charge in [0, 0.05) is 12.1 Å². The number of rotatable bonds is 3. The molecule has 21 heavy (non-hydrogen) atoms. The lowest BCUT2D eigenvalue weighted by Crippen LogP contribution is -2.32. The van der Waals surface area contributed by atoms with Crippen LogP contribution in [0.3, 0.4) is 0 Å². The quantitative estimate of drug-likeness (QED) is 0.807. The van der Waals surface area contributed by atoms with Gasteiger partial charge in [-0.3, -0.25) is 0 Å². The first-order valence-corrected chi connectivity index (χ1v) is 8.20. The van der Waals surface area contributed by atoms with Crippen molar-refractivity contribution < 1.29 is 0 Å². The normalized spacial score (nSPS) is 19.3. The predicted molar refractivity (Wildman–Crippen MR) is 86.6 cm³/mol. The van der Waals surface area contributed by atoms with Crippen LogP contribution in [0.5, 0.6) is 0 Å². The molecule has 0 spiro atoms. The van der Waals surface area contributed by atoms with Gasteiger partial charge in [-0.05, 0) is 37.5 Å². The maximum Gasteiger partial charge on any atom is 0.323 e. The van der Waals surface area contributed by atoms with Crippen LogP contribution in [-0.2, 0) is 0 Å². The van der Waals surface area contributed by atoms with Crippen molar-refractivity contribution in [2.75, 3.05) is 0 Å². The van der Waals surface area contributed by atoms with Crippen molar-refractivity contribution in [3.63, 3.8) is 0 Å². The third kappa shape index (κ3) is 3.56. The topological polar surface area (TPSA) is 60.7 Å². The molecule has 0 amide bonds. The second-order valence-corrected chi connectivity index (χ2v) is 6.31. The van der Waals surface area contributed by atoms with E-state index in [0.29, 0.717) is 12.1 Å². The second-order valence-electron chi connectivity index (χ2n) is 6.31. The van der Waals surface area contributed by atoms with Gasteiger partial charge < -0.3 is 15.3 Å². The van der Waals surface area contributed by atoms with Gasteiger partial charge in [-0.1, -0.05) is 38.2 Å². The minimum Gasteiger partial charge on any atom is -0.307 e. The number of aromatic nitrogens is 2. The Morgan fingerprint density at radius 1 is 1.05 bits per heavy atom. The molecule has 1 unspecified atom stereocenters. The largest absolute Gasteiger partial charge is 0.323 e. The van der Waals surface area contributed by atoms with Gasteiger partial charge in [-0.25, -0.2) is 4.79 Å². The van der Waals surface area contributed by atoms with Crippen molar-refractivity contribution in [2.24, 2.45) is 0 Å². The van der Waals surface area contributed by atoms with E-state index < -0.39 is 0 Å². The summed E-state index contributed by atoms with van der Waals surface area (Å²) < 4.78 is 0. The van der Waals surface area contributed by atoms with Gasteiger partial charge in [0.1, 0.15) is 0 Å². The molecular weight excluding hydrogens is 262 g/mol. The van der Waals surface area contributed by atoms with Crippen molar-refractivity contribution in [1.82, 2.24) is 15.3 Å². The third-order valence-corrected chi connectivity index (χ3v) is 4.63. The fraction of sp³-hybridized carbons (Fsp3) is 0.588. The molecule has 4 heteroatoms. The van der Waals surface area contributed by atoms with E-state index in [0.717, 1.165) is 11.0 Å². The highest BCUT2D eigenvalue weighted by atomic mass is 16.1. The first-order chi connectivity index (χ1) is 10.2. The van der Waals surface area contributed by atoms with Crippen molar-refractivity contribution in [3.8, 4) is 0 Å². The van der Waals surface area contributed by atoms with Crippen LogP contribution in [0.2, 0.25) is 0 Å². The Morgan fingerprint density at radius 2 is 1.71 bits per heavy atom. The SMILES string of the molecule is CC(NC1CCCCCCC1)c1ccc2[nH]c(=O)[nH]c2c1. The first kappa shape index (κ1) is 14.4. The molecule has 114 valence electrons. The number of nitrogens with one attached hydrogen (secondary N) is 3. The Hall–Kier alpha value is -1.55. The summed E-state index contributed by atoms with van der Waals surface area (Å²) in [5, 5.41) is 3.77. The molecule has 2 aromatic rings. The molecule has 1 aromatic carbocycles. The molecule has 0 aliphatic heterocycles. The smallest absolute Gasteiger partial charge is 0.307 e. The van der Waals surface area contributed by atoms with Gasteiger partial charge in [-0.2, -0.15) is 0 Å². The van der Waals surface area contributed by atoms with Crippen molar-refractivity contribution in [1.29, 1.82) is 0 Å². The number of hydrogen-bond donors (Lipinski definition) is 3. The molecule has 0 bridgehead atoms. The molecule has 1 heterocycles. The van der Waals surface area contributed by atoms with Crippen molar-refractivity contribution >= 4 is 11.0 Å². The van der Waals surface area contributed by atoms with Crippen LogP contribution < -0.4 is 11.0 Å². The average molecular weight is 287 g/mol. The maximum atomic E-state index is 11.3. The zero-order valence-electron chi connectivity index (χ0n) is 12.7. The first-order valence-electron chi connectivity index (χ1n) is 8.20. The maximum absolute atomic E-state index is 11.3. The predicted octanol–water partition coefficient (Wildman–Crippen LogP) is 3.62. The summed E-state index contributed by atoms with van der Waals surface area (Å²) in [6.07, 6.45) is 9.41. The molecule has 1 aliphatic rings. The van der Waals surface area contributed by atoms with E-state index in [1.165, 1.54) is 50.5 Å². The molecule has 1 aliphatic carbocycles. The highest BCUT2D eigenvalue weighted by molar-refractivity contribution is 5.75. The van der Waals surface area contributed by atoms with Gasteiger partial charge in [0.15, 0.2) is 0 Å². The summed E-state index contributed by atoms with van der Waals surface area (Å²) in [4.78, 5) is 17.0. The van der Waals surface area contributed by atoms with Crippen LogP contribution in [0.25, 0.3) is 11.0 Å². The van der Waals surface area contributed by atoms with Crippen LogP contribution >= 0.6 is 0 Å². The molecule has 1 atom stereocenters. The fourth-order valence-corrected chi connectivity index (χ4v) is 3.39. The Kier molecular flexibility index (Phi) is 4.44. The number of aromatic amines is 2. The Morgan fingerprint density at radius 3 is 2.48 bits per heavy atom. The van der Waals surface area contributed by atoms with E-state index in [1.54, 1.807) is 0 Å². The zero-order chi connectivity index (χ0) is 14.7. The lowest BCUT2D eigenvalue weighted by atomic mass is 9.95. The number of H-pyrrole nitrogens is 2. The van der Waals surface area contributed by atoms with Gasteiger partial charge in [0.25, 0.3) is 0 Å². The third-order valence-electron chi connectivity index (χ3n) is 4.63. The average Bonchev–Trinajstić information content (AvgIpc) is 2.80. The number of hydrogen-bond acceptors (Lipinski definition) is 2. The van der Waals surface area contributed by atoms with Crippen molar-refractivity contribution in [2.45, 2.75) is 64.0 Å².